The van der Waals surface area contributed by atoms with Crippen LogP contribution < -0.4 is 16.4 Å². The number of aliphatic carboxylic acids is 1. The number of pyridine rings is 1. The van der Waals surface area contributed by atoms with E-state index in [1.54, 1.807) is 32.4 Å². The number of primary amides is 1. The van der Waals surface area contributed by atoms with Crippen LogP contribution in [0.15, 0.2) is 48.9 Å². The lowest BCUT2D eigenvalue weighted by molar-refractivity contribution is -0.160. The number of anilines is 1. The van der Waals surface area contributed by atoms with Crippen LogP contribution in [0.3, 0.4) is 0 Å². The number of hydrogen-bond donors (Lipinski definition) is 3. The van der Waals surface area contributed by atoms with Gasteiger partial charge in [0.25, 0.3) is 0 Å². The number of nitrogens with zero attached hydrogens (tertiary/aromatic N) is 5. The molecule has 0 saturated heterocycles. The second kappa shape index (κ2) is 11.1. The van der Waals surface area contributed by atoms with Crippen LogP contribution in [0.25, 0.3) is 32.6 Å². The van der Waals surface area contributed by atoms with Gasteiger partial charge < -0.3 is 21.3 Å². The lowest BCUT2D eigenvalue weighted by atomic mass is 10.0. The summed E-state index contributed by atoms with van der Waals surface area (Å²) in [5.74, 6) is -1.84. The zero-order valence-electron chi connectivity index (χ0n) is 21.5. The highest BCUT2D eigenvalue weighted by atomic mass is 32.1. The topological polar surface area (TPSA) is 188 Å². The molecule has 0 unspecified atom stereocenters. The van der Waals surface area contributed by atoms with Crippen molar-refractivity contribution in [1.82, 2.24) is 19.9 Å². The number of nitrogens with two attached hydrogens (primary N) is 2. The van der Waals surface area contributed by atoms with Crippen molar-refractivity contribution in [1.29, 1.82) is 0 Å². The third-order valence-corrected chi connectivity index (χ3v) is 6.96. The zero-order chi connectivity index (χ0) is 28.3. The summed E-state index contributed by atoms with van der Waals surface area (Å²) < 4.78 is 6.26. The number of aromatic nitrogens is 4. The second-order valence-corrected chi connectivity index (χ2v) is 10.1. The second-order valence-electron chi connectivity index (χ2n) is 9.09. The molecule has 0 aliphatic carbocycles. The molecule has 0 fully saturated rings. The summed E-state index contributed by atoms with van der Waals surface area (Å²) in [4.78, 5) is 54.4. The lowest BCUT2D eigenvalue weighted by Crippen LogP contribution is -2.36. The molecule has 2 amide bonds. The Hall–Kier alpha value is -4.49. The van der Waals surface area contributed by atoms with E-state index in [2.05, 4.69) is 19.9 Å². The fourth-order valence-corrected chi connectivity index (χ4v) is 4.97. The number of urea groups is 1. The zero-order valence-corrected chi connectivity index (χ0v) is 22.3. The minimum atomic E-state index is -1.36. The number of carboxylic acid groups (broad SMARTS) is 1. The number of amides is 2. The number of carboxylic acids is 1. The van der Waals surface area contributed by atoms with Gasteiger partial charge in [-0.1, -0.05) is 17.4 Å². The maximum atomic E-state index is 12.2. The highest BCUT2D eigenvalue weighted by Gasteiger charge is 2.30. The van der Waals surface area contributed by atoms with Gasteiger partial charge in [-0.25, -0.2) is 19.7 Å². The van der Waals surface area contributed by atoms with E-state index in [0.29, 0.717) is 22.8 Å². The molecule has 39 heavy (non-hydrogen) atoms. The number of thiazole rings is 1. The average molecular weight is 550 g/mol. The number of hydrogen-bond acceptors (Lipinski definition) is 10. The summed E-state index contributed by atoms with van der Waals surface area (Å²) in [5.41, 5.74) is 13.4. The van der Waals surface area contributed by atoms with E-state index < -0.39 is 36.0 Å². The molecule has 12 nitrogen and oxygen atoms in total. The van der Waals surface area contributed by atoms with Crippen molar-refractivity contribution in [3.63, 3.8) is 0 Å². The van der Waals surface area contributed by atoms with E-state index in [1.165, 1.54) is 16.2 Å². The molecule has 1 atom stereocenters. The molecular formula is C26H27N7O5S. The maximum absolute atomic E-state index is 12.2. The van der Waals surface area contributed by atoms with Gasteiger partial charge in [-0.3, -0.25) is 19.5 Å². The standard InChI is InChI=1S/C26H27N7O5S/c1-4-33(24(28)37)25-32-19-10-14(9-16(21(19)39-25)18-7-5-6-8-29-18)15-12-30-23(31-13-15)26(2,3)38-20(34)11-17(27)22(35)36/h5-10,12-13,17H,4,11,27H2,1-3H3,(H2,28,37)(H,35,36)/t17-/m0/s1. The molecule has 13 heteroatoms. The minimum Gasteiger partial charge on any atom is -0.480 e. The van der Waals surface area contributed by atoms with Crippen molar-refractivity contribution in [2.24, 2.45) is 11.5 Å². The predicted octanol–water partition coefficient (Wildman–Crippen LogP) is 3.30. The number of rotatable bonds is 9. The van der Waals surface area contributed by atoms with Gasteiger partial charge in [-0.15, -0.1) is 0 Å². The molecule has 0 saturated carbocycles. The van der Waals surface area contributed by atoms with Crippen molar-refractivity contribution in [3.8, 4) is 22.4 Å². The van der Waals surface area contributed by atoms with Gasteiger partial charge in [0.15, 0.2) is 16.6 Å². The Morgan fingerprint density at radius 2 is 1.85 bits per heavy atom. The van der Waals surface area contributed by atoms with E-state index >= 15 is 0 Å². The fraction of sp³-hybridized carbons (Fsp3) is 0.269. The molecule has 3 heterocycles. The van der Waals surface area contributed by atoms with Crippen LogP contribution in [0.4, 0.5) is 9.93 Å². The third-order valence-electron chi connectivity index (χ3n) is 5.83. The highest BCUT2D eigenvalue weighted by Crippen LogP contribution is 2.39. The molecule has 4 aromatic rings. The molecule has 1 aromatic carbocycles. The fourth-order valence-electron chi connectivity index (χ4n) is 3.83. The monoisotopic (exact) mass is 549 g/mol. The van der Waals surface area contributed by atoms with E-state index in [4.69, 9.17) is 21.3 Å². The summed E-state index contributed by atoms with van der Waals surface area (Å²) in [6, 6.07) is 7.46. The SMILES string of the molecule is CCN(C(N)=O)c1nc2cc(-c3cnc(C(C)(C)OC(=O)C[C@H](N)C(=O)O)nc3)cc(-c3ccccn3)c2s1. The first kappa shape index (κ1) is 27.5. The van der Waals surface area contributed by atoms with Crippen molar-refractivity contribution in [2.45, 2.75) is 38.8 Å². The molecule has 0 bridgehead atoms. The van der Waals surface area contributed by atoms with E-state index in [-0.39, 0.29) is 5.82 Å². The molecular weight excluding hydrogens is 522 g/mol. The molecule has 3 aromatic heterocycles. The largest absolute Gasteiger partial charge is 0.480 e. The van der Waals surface area contributed by atoms with Gasteiger partial charge in [-0.05, 0) is 50.6 Å². The van der Waals surface area contributed by atoms with Crippen LogP contribution in [0.2, 0.25) is 0 Å². The van der Waals surface area contributed by atoms with Gasteiger partial charge in [0.05, 0.1) is 22.3 Å². The third kappa shape index (κ3) is 5.99. The Bertz CT molecular complexity index is 1520. The first-order valence-corrected chi connectivity index (χ1v) is 12.8. The van der Waals surface area contributed by atoms with Crippen LogP contribution in [-0.4, -0.2) is 55.6 Å². The molecule has 0 radical (unpaired) electrons. The summed E-state index contributed by atoms with van der Waals surface area (Å²) in [6.45, 7) is 5.40. The van der Waals surface area contributed by atoms with Gasteiger partial charge in [-0.2, -0.15) is 0 Å². The lowest BCUT2D eigenvalue weighted by Gasteiger charge is -2.24. The average Bonchev–Trinajstić information content (AvgIpc) is 3.32. The quantitative estimate of drug-likeness (QED) is 0.261. The Morgan fingerprint density at radius 3 is 2.44 bits per heavy atom. The summed E-state index contributed by atoms with van der Waals surface area (Å²) in [5, 5.41) is 9.40. The number of benzene rings is 1. The number of fused-ring (bicyclic) bond motifs is 1. The molecule has 0 spiro atoms. The highest BCUT2D eigenvalue weighted by molar-refractivity contribution is 7.23. The molecule has 5 N–H and O–H groups in total. The van der Waals surface area contributed by atoms with Crippen LogP contribution in [0.1, 0.15) is 33.0 Å². The molecule has 4 rings (SSSR count). The Labute approximate surface area is 227 Å². The Balaban J connectivity index is 1.70. The van der Waals surface area contributed by atoms with Gasteiger partial charge in [0.2, 0.25) is 0 Å². The molecule has 0 aliphatic heterocycles. The van der Waals surface area contributed by atoms with E-state index in [0.717, 1.165) is 21.5 Å². The maximum Gasteiger partial charge on any atom is 0.321 e. The van der Waals surface area contributed by atoms with Crippen LogP contribution >= 0.6 is 11.3 Å². The number of ether oxygens (including phenoxy) is 1. The van der Waals surface area contributed by atoms with Crippen molar-refractivity contribution >= 4 is 44.7 Å². The van der Waals surface area contributed by atoms with Gasteiger partial charge >= 0.3 is 18.0 Å². The van der Waals surface area contributed by atoms with E-state index in [1.807, 2.05) is 37.3 Å². The first-order chi connectivity index (χ1) is 18.5. The van der Waals surface area contributed by atoms with Crippen LogP contribution in [-0.2, 0) is 19.9 Å². The Morgan fingerprint density at radius 1 is 1.13 bits per heavy atom. The smallest absolute Gasteiger partial charge is 0.321 e. The first-order valence-electron chi connectivity index (χ1n) is 12.0. The predicted molar refractivity (Wildman–Crippen MR) is 146 cm³/mol. The summed E-state index contributed by atoms with van der Waals surface area (Å²) in [6.07, 6.45) is 4.41. The minimum absolute atomic E-state index is 0.227. The number of carbonyl (C=O) groups is 3. The summed E-state index contributed by atoms with van der Waals surface area (Å²) >= 11 is 1.35. The van der Waals surface area contributed by atoms with Crippen LogP contribution in [0.5, 0.6) is 0 Å². The van der Waals surface area contributed by atoms with Gasteiger partial charge in [0, 0.05) is 36.3 Å². The van der Waals surface area contributed by atoms with E-state index in [9.17, 15) is 14.4 Å². The molecule has 202 valence electrons. The summed E-state index contributed by atoms with van der Waals surface area (Å²) in [7, 11) is 0. The molecule has 0 aliphatic rings. The van der Waals surface area contributed by atoms with Gasteiger partial charge in [0.1, 0.15) is 6.04 Å². The number of esters is 1. The normalized spacial score (nSPS) is 12.2. The van der Waals surface area contributed by atoms with Crippen molar-refractivity contribution in [2.75, 3.05) is 11.4 Å². The van der Waals surface area contributed by atoms with Crippen LogP contribution in [0, 0.1) is 0 Å². The van der Waals surface area contributed by atoms with Crippen molar-refractivity contribution < 1.29 is 24.2 Å². The number of carbonyl (C=O) groups excluding carboxylic acids is 2. The Kier molecular flexibility index (Phi) is 7.83. The van der Waals surface area contributed by atoms with Crippen molar-refractivity contribution in [3.05, 3.63) is 54.7 Å².